The fourth-order valence-electron chi connectivity index (χ4n) is 1.02. The van der Waals surface area contributed by atoms with Crippen LogP contribution in [0.1, 0.15) is 27.2 Å². The van der Waals surface area contributed by atoms with E-state index in [9.17, 15) is 26.4 Å². The lowest BCUT2D eigenvalue weighted by atomic mass is 10.1. The van der Waals surface area contributed by atoms with Gasteiger partial charge in [-0.3, -0.25) is 0 Å². The van der Waals surface area contributed by atoms with Crippen molar-refractivity contribution in [3.8, 4) is 0 Å². The van der Waals surface area contributed by atoms with E-state index in [1.54, 1.807) is 13.8 Å². The summed E-state index contributed by atoms with van der Waals surface area (Å²) in [6.07, 6.45) is 0.459. The number of alkyl halides is 3. The number of hydrogen-bond donors (Lipinski definition) is 0. The minimum absolute atomic E-state index is 0.0102. The molecule has 0 amide bonds. The summed E-state index contributed by atoms with van der Waals surface area (Å²) in [5.74, 6) is -1.77. The zero-order valence-electron chi connectivity index (χ0n) is 10.7. The summed E-state index contributed by atoms with van der Waals surface area (Å²) in [4.78, 5) is 11.1. The Kier molecular flexibility index (Phi) is 6.34. The first-order chi connectivity index (χ1) is 8.49. The molecule has 0 unspecified atom stereocenters. The van der Waals surface area contributed by atoms with Crippen molar-refractivity contribution in [3.63, 3.8) is 0 Å². The molecule has 0 aromatic rings. The van der Waals surface area contributed by atoms with Crippen LogP contribution in [0.25, 0.3) is 0 Å². The molecule has 9 heteroatoms. The van der Waals surface area contributed by atoms with Crippen molar-refractivity contribution in [3.05, 3.63) is 11.8 Å². The molecule has 0 fully saturated rings. The molecule has 19 heavy (non-hydrogen) atoms. The van der Waals surface area contributed by atoms with E-state index >= 15 is 0 Å². The molecule has 0 aliphatic rings. The Morgan fingerprint density at radius 2 is 1.84 bits per heavy atom. The van der Waals surface area contributed by atoms with Crippen LogP contribution in [-0.4, -0.2) is 26.5 Å². The Labute approximate surface area is 109 Å². The molecule has 0 saturated heterocycles. The molecule has 0 bridgehead atoms. The maximum absolute atomic E-state index is 12.2. The molecule has 5 nitrogen and oxygen atoms in total. The summed E-state index contributed by atoms with van der Waals surface area (Å²) in [6.45, 7) is 4.77. The lowest BCUT2D eigenvalue weighted by Gasteiger charge is -2.13. The van der Waals surface area contributed by atoms with Crippen molar-refractivity contribution in [2.24, 2.45) is 5.92 Å². The van der Waals surface area contributed by atoms with E-state index < -0.39 is 27.4 Å². The third kappa shape index (κ3) is 6.46. The molecule has 0 rings (SSSR count). The van der Waals surface area contributed by atoms with Crippen LogP contribution < -0.4 is 0 Å². The third-order valence-electron chi connectivity index (χ3n) is 1.68. The van der Waals surface area contributed by atoms with Gasteiger partial charge in [0.15, 0.2) is 0 Å². The summed E-state index contributed by atoms with van der Waals surface area (Å²) < 4.78 is 66.6. The second-order valence-corrected chi connectivity index (χ2v) is 5.48. The minimum atomic E-state index is -5.78. The first-order valence-corrected chi connectivity index (χ1v) is 6.78. The first-order valence-electron chi connectivity index (χ1n) is 5.37. The molecule has 0 spiro atoms. The summed E-state index contributed by atoms with van der Waals surface area (Å²) in [5.41, 5.74) is -5.54. The average molecular weight is 304 g/mol. The normalized spacial score (nSPS) is 13.5. The maximum Gasteiger partial charge on any atom is 0.534 e. The molecule has 0 heterocycles. The van der Waals surface area contributed by atoms with Crippen LogP contribution in [0, 0.1) is 5.92 Å². The van der Waals surface area contributed by atoms with Gasteiger partial charge < -0.3 is 8.92 Å². The van der Waals surface area contributed by atoms with E-state index in [0.29, 0.717) is 6.08 Å². The lowest BCUT2D eigenvalue weighted by Crippen LogP contribution is -2.26. The molecule has 0 saturated carbocycles. The van der Waals surface area contributed by atoms with Crippen molar-refractivity contribution < 1.29 is 35.3 Å². The summed E-state index contributed by atoms with van der Waals surface area (Å²) >= 11 is 0. The average Bonchev–Trinajstić information content (AvgIpc) is 2.13. The van der Waals surface area contributed by atoms with Gasteiger partial charge in [-0.1, -0.05) is 13.8 Å². The van der Waals surface area contributed by atoms with Crippen molar-refractivity contribution in [2.45, 2.75) is 32.7 Å². The third-order valence-corrected chi connectivity index (χ3v) is 2.68. The van der Waals surface area contributed by atoms with E-state index in [4.69, 9.17) is 0 Å². The van der Waals surface area contributed by atoms with Gasteiger partial charge in [0.05, 0.1) is 12.7 Å². The fraction of sp³-hybridized carbons (Fsp3) is 0.700. The number of halogens is 3. The van der Waals surface area contributed by atoms with Gasteiger partial charge >= 0.3 is 21.6 Å². The zero-order valence-corrected chi connectivity index (χ0v) is 11.5. The van der Waals surface area contributed by atoms with Crippen LogP contribution in [0.4, 0.5) is 13.2 Å². The largest absolute Gasteiger partial charge is 0.534 e. The second kappa shape index (κ2) is 6.78. The molecule has 0 radical (unpaired) electrons. The van der Waals surface area contributed by atoms with E-state index in [2.05, 4.69) is 8.92 Å². The van der Waals surface area contributed by atoms with Gasteiger partial charge in [-0.2, -0.15) is 21.6 Å². The molecule has 0 aliphatic heterocycles. The minimum Gasteiger partial charge on any atom is -0.463 e. The van der Waals surface area contributed by atoms with Crippen LogP contribution in [0.3, 0.4) is 0 Å². The molecule has 0 aliphatic carbocycles. The first kappa shape index (κ1) is 17.8. The van der Waals surface area contributed by atoms with Crippen LogP contribution in [0.5, 0.6) is 0 Å². The molecule has 0 N–H and O–H groups in total. The summed E-state index contributed by atoms with van der Waals surface area (Å²) in [6, 6.07) is 0. The highest BCUT2D eigenvalue weighted by Crippen LogP contribution is 2.28. The number of allylic oxidation sites excluding steroid dienone is 1. The molecular weight excluding hydrogens is 289 g/mol. The van der Waals surface area contributed by atoms with Crippen molar-refractivity contribution in [1.29, 1.82) is 0 Å². The molecule has 112 valence electrons. The van der Waals surface area contributed by atoms with Gasteiger partial charge in [-0.15, -0.1) is 0 Å². The van der Waals surface area contributed by atoms with Crippen LogP contribution in [0.2, 0.25) is 0 Å². The Morgan fingerprint density at radius 1 is 1.32 bits per heavy atom. The Balaban J connectivity index is 5.14. The number of esters is 1. The highest BCUT2D eigenvalue weighted by atomic mass is 32.2. The number of carbonyl (C=O) groups is 1. The highest BCUT2D eigenvalue weighted by Gasteiger charge is 2.48. The number of rotatable bonds is 6. The maximum atomic E-state index is 12.2. The zero-order chi connectivity index (χ0) is 15.3. The van der Waals surface area contributed by atoms with Crippen molar-refractivity contribution in [1.82, 2.24) is 0 Å². The van der Waals surface area contributed by atoms with Gasteiger partial charge in [0.25, 0.3) is 0 Å². The Hall–Kier alpha value is -1.25. The van der Waals surface area contributed by atoms with Gasteiger partial charge in [0.2, 0.25) is 0 Å². The number of hydrogen-bond acceptors (Lipinski definition) is 5. The van der Waals surface area contributed by atoms with E-state index in [1.807, 2.05) is 0 Å². The number of ether oxygens (including phenoxy) is 1. The van der Waals surface area contributed by atoms with Crippen molar-refractivity contribution in [2.75, 3.05) is 6.61 Å². The fourth-order valence-corrected chi connectivity index (χ4v) is 1.52. The Bertz CT molecular complexity index is 437. The Morgan fingerprint density at radius 3 is 2.21 bits per heavy atom. The highest BCUT2D eigenvalue weighted by molar-refractivity contribution is 7.87. The van der Waals surface area contributed by atoms with E-state index in [1.165, 1.54) is 6.92 Å². The molecule has 0 atom stereocenters. The van der Waals surface area contributed by atoms with E-state index in [0.717, 1.165) is 0 Å². The smallest absolute Gasteiger partial charge is 0.463 e. The van der Waals surface area contributed by atoms with Gasteiger partial charge in [-0.05, 0) is 12.8 Å². The SMILES string of the molecule is CCOC(=O)C=C(CC(C)C)OS(=O)(=O)C(F)(F)F. The monoisotopic (exact) mass is 304 g/mol. The predicted molar refractivity (Wildman–Crippen MR) is 60.2 cm³/mol. The topological polar surface area (TPSA) is 69.7 Å². The van der Waals surface area contributed by atoms with Crippen LogP contribution >= 0.6 is 0 Å². The van der Waals surface area contributed by atoms with Crippen LogP contribution in [0.15, 0.2) is 11.8 Å². The quantitative estimate of drug-likeness (QED) is 0.248. The van der Waals surface area contributed by atoms with Gasteiger partial charge in [0.1, 0.15) is 5.76 Å². The lowest BCUT2D eigenvalue weighted by molar-refractivity contribution is -0.137. The van der Waals surface area contributed by atoms with Crippen molar-refractivity contribution >= 4 is 16.1 Å². The molecule has 0 aromatic carbocycles. The molecule has 0 aromatic heterocycles. The predicted octanol–water partition coefficient (Wildman–Crippen LogP) is 2.35. The summed E-state index contributed by atoms with van der Waals surface area (Å²) in [7, 11) is -5.78. The van der Waals surface area contributed by atoms with Crippen LogP contribution in [-0.2, 0) is 23.8 Å². The summed E-state index contributed by atoms with van der Waals surface area (Å²) in [5, 5.41) is 0. The van der Waals surface area contributed by atoms with Gasteiger partial charge in [-0.25, -0.2) is 4.79 Å². The van der Waals surface area contributed by atoms with Gasteiger partial charge in [0, 0.05) is 6.42 Å². The second-order valence-electron chi connectivity index (χ2n) is 3.94. The molecular formula is C10H15F3O5S. The standard InChI is InChI=1S/C10H15F3O5S/c1-4-17-9(14)6-8(5-7(2)3)18-19(15,16)10(11,12)13/h6-7H,4-5H2,1-3H3. The van der Waals surface area contributed by atoms with E-state index in [-0.39, 0.29) is 18.9 Å². The number of carbonyl (C=O) groups excluding carboxylic acids is 1.